The molecule has 0 aliphatic heterocycles. The van der Waals surface area contributed by atoms with E-state index in [0.717, 1.165) is 65.6 Å². The third-order valence-electron chi connectivity index (χ3n) is 11.6. The topological polar surface area (TPSA) is 51.8 Å². The van der Waals surface area contributed by atoms with Gasteiger partial charge in [0, 0.05) is 27.5 Å². The van der Waals surface area contributed by atoms with Crippen LogP contribution in [0.4, 0.5) is 0 Å². The third kappa shape index (κ3) is 5.81. The summed E-state index contributed by atoms with van der Waals surface area (Å²) in [6, 6.07) is 70.8. The summed E-state index contributed by atoms with van der Waals surface area (Å²) in [5.41, 5.74) is 9.27. The zero-order valence-electron chi connectivity index (χ0n) is 31.8. The zero-order chi connectivity index (χ0) is 38.9. The van der Waals surface area contributed by atoms with E-state index in [-0.39, 0.29) is 0 Å². The van der Waals surface area contributed by atoms with Gasteiger partial charge in [-0.2, -0.15) is 0 Å². The summed E-state index contributed by atoms with van der Waals surface area (Å²) >= 11 is 0. The molecule has 4 heteroatoms. The maximum Gasteiger partial charge on any atom is 0.164 e. The molecule has 274 valence electrons. The molecule has 4 nitrogen and oxygen atoms in total. The van der Waals surface area contributed by atoms with Crippen molar-refractivity contribution in [3.63, 3.8) is 0 Å². The van der Waals surface area contributed by atoms with Gasteiger partial charge in [0.1, 0.15) is 11.2 Å². The number of hydrogen-bond donors (Lipinski definition) is 0. The highest BCUT2D eigenvalue weighted by Crippen LogP contribution is 2.36. The Morgan fingerprint density at radius 1 is 0.254 bits per heavy atom. The van der Waals surface area contributed by atoms with E-state index in [4.69, 9.17) is 19.4 Å². The molecule has 0 aliphatic rings. The van der Waals surface area contributed by atoms with Crippen LogP contribution in [0.15, 0.2) is 205 Å². The van der Waals surface area contributed by atoms with Crippen LogP contribution in [0.1, 0.15) is 0 Å². The molecule has 0 radical (unpaired) electrons. The van der Waals surface area contributed by atoms with Crippen LogP contribution in [-0.4, -0.2) is 15.0 Å². The van der Waals surface area contributed by atoms with Crippen LogP contribution in [-0.2, 0) is 0 Å². The van der Waals surface area contributed by atoms with Crippen molar-refractivity contribution < 1.29 is 4.42 Å². The number of rotatable bonds is 5. The predicted molar refractivity (Wildman–Crippen MR) is 244 cm³/mol. The van der Waals surface area contributed by atoms with E-state index in [0.29, 0.717) is 17.5 Å². The Morgan fingerprint density at radius 3 is 1.51 bits per heavy atom. The molecule has 0 amide bonds. The molecule has 0 atom stereocenters. The fourth-order valence-corrected chi connectivity index (χ4v) is 8.60. The summed E-state index contributed by atoms with van der Waals surface area (Å²) in [5, 5.41) is 11.4. The number of para-hydroxylation sites is 1. The van der Waals surface area contributed by atoms with Crippen molar-refractivity contribution in [2.24, 2.45) is 0 Å². The van der Waals surface area contributed by atoms with Crippen LogP contribution >= 0.6 is 0 Å². The Kier molecular flexibility index (Phi) is 7.50. The number of hydrogen-bond acceptors (Lipinski definition) is 4. The van der Waals surface area contributed by atoms with Crippen molar-refractivity contribution in [1.82, 2.24) is 15.0 Å². The lowest BCUT2D eigenvalue weighted by atomic mass is 9.97. The molecule has 0 saturated heterocycles. The van der Waals surface area contributed by atoms with Gasteiger partial charge in [-0.05, 0) is 114 Å². The first-order valence-corrected chi connectivity index (χ1v) is 19.9. The van der Waals surface area contributed by atoms with E-state index in [1.807, 2.05) is 12.1 Å². The molecule has 0 saturated carbocycles. The number of furan rings is 1. The molecular formula is C55H33N3O. The Labute approximate surface area is 339 Å². The summed E-state index contributed by atoms with van der Waals surface area (Å²) in [7, 11) is 0. The Balaban J connectivity index is 1.02. The van der Waals surface area contributed by atoms with Crippen LogP contribution in [0.5, 0.6) is 0 Å². The maximum atomic E-state index is 6.21. The van der Waals surface area contributed by atoms with Gasteiger partial charge < -0.3 is 4.42 Å². The van der Waals surface area contributed by atoms with Crippen molar-refractivity contribution in [2.75, 3.05) is 0 Å². The smallest absolute Gasteiger partial charge is 0.164 e. The average molecular weight is 752 g/mol. The highest BCUT2D eigenvalue weighted by molar-refractivity contribution is 6.10. The van der Waals surface area contributed by atoms with Crippen molar-refractivity contribution in [1.29, 1.82) is 0 Å². The van der Waals surface area contributed by atoms with E-state index in [1.165, 1.54) is 38.4 Å². The molecule has 10 aromatic carbocycles. The van der Waals surface area contributed by atoms with Gasteiger partial charge in [0.25, 0.3) is 0 Å². The fourth-order valence-electron chi connectivity index (χ4n) is 8.60. The van der Waals surface area contributed by atoms with E-state index in [2.05, 4.69) is 188 Å². The molecule has 0 aliphatic carbocycles. The van der Waals surface area contributed by atoms with Gasteiger partial charge in [0.05, 0.1) is 0 Å². The van der Waals surface area contributed by atoms with Crippen molar-refractivity contribution in [2.45, 2.75) is 0 Å². The Hall–Kier alpha value is -7.95. The normalized spacial score (nSPS) is 11.7. The molecule has 0 bridgehead atoms. The molecule has 0 spiro atoms. The van der Waals surface area contributed by atoms with Gasteiger partial charge in [-0.1, -0.05) is 152 Å². The second kappa shape index (κ2) is 13.3. The van der Waals surface area contributed by atoms with Gasteiger partial charge in [-0.25, -0.2) is 15.0 Å². The molecule has 59 heavy (non-hydrogen) atoms. The summed E-state index contributed by atoms with van der Waals surface area (Å²) in [4.78, 5) is 15.6. The van der Waals surface area contributed by atoms with Gasteiger partial charge in [-0.3, -0.25) is 0 Å². The van der Waals surface area contributed by atoms with Crippen LogP contribution in [0.2, 0.25) is 0 Å². The average Bonchev–Trinajstić information content (AvgIpc) is 3.67. The minimum absolute atomic E-state index is 0.618. The first kappa shape index (κ1) is 33.2. The minimum atomic E-state index is 0.618. The molecule has 0 fully saturated rings. The van der Waals surface area contributed by atoms with E-state index >= 15 is 0 Å². The summed E-state index contributed by atoms with van der Waals surface area (Å²) in [5.74, 6) is 1.86. The molecule has 2 aromatic heterocycles. The van der Waals surface area contributed by atoms with E-state index in [9.17, 15) is 0 Å². The van der Waals surface area contributed by atoms with E-state index in [1.54, 1.807) is 0 Å². The summed E-state index contributed by atoms with van der Waals surface area (Å²) in [6.07, 6.45) is 0. The van der Waals surface area contributed by atoms with Crippen LogP contribution in [0.25, 0.3) is 121 Å². The number of benzene rings is 10. The molecule has 12 aromatic rings. The first-order chi connectivity index (χ1) is 29.2. The Bertz CT molecular complexity index is 3620. The van der Waals surface area contributed by atoms with E-state index < -0.39 is 0 Å². The van der Waals surface area contributed by atoms with Crippen LogP contribution in [0.3, 0.4) is 0 Å². The largest absolute Gasteiger partial charge is 0.456 e. The highest BCUT2D eigenvalue weighted by Gasteiger charge is 2.16. The number of fused-ring (bicyclic) bond motifs is 7. The second-order valence-electron chi connectivity index (χ2n) is 15.3. The van der Waals surface area contributed by atoms with Crippen molar-refractivity contribution in [3.05, 3.63) is 200 Å². The maximum absolute atomic E-state index is 6.21. The predicted octanol–water partition coefficient (Wildman–Crippen LogP) is 14.7. The van der Waals surface area contributed by atoms with Gasteiger partial charge >= 0.3 is 0 Å². The number of aromatic nitrogens is 3. The minimum Gasteiger partial charge on any atom is -0.456 e. The lowest BCUT2D eigenvalue weighted by molar-refractivity contribution is 0.669. The lowest BCUT2D eigenvalue weighted by Crippen LogP contribution is -2.00. The lowest BCUT2D eigenvalue weighted by Gasteiger charge is -2.12. The summed E-state index contributed by atoms with van der Waals surface area (Å²) in [6.45, 7) is 0. The second-order valence-corrected chi connectivity index (χ2v) is 15.3. The first-order valence-electron chi connectivity index (χ1n) is 19.9. The molecule has 0 unspecified atom stereocenters. The van der Waals surface area contributed by atoms with Crippen molar-refractivity contribution >= 4 is 65.0 Å². The van der Waals surface area contributed by atoms with Crippen LogP contribution in [0, 0.1) is 0 Å². The SMILES string of the molecule is c1ccc(-c2cccc3cc(-c4nc(-c5ccc6ccc(-c7ccc8ccccc8c7)cc6c5)nc(-c5ccc6cc7oc8ccccc8c7cc6c5)n4)ccc23)cc1. The van der Waals surface area contributed by atoms with Crippen molar-refractivity contribution in [3.8, 4) is 56.4 Å². The quantitative estimate of drug-likeness (QED) is 0.176. The van der Waals surface area contributed by atoms with Gasteiger partial charge in [-0.15, -0.1) is 0 Å². The highest BCUT2D eigenvalue weighted by atomic mass is 16.3. The third-order valence-corrected chi connectivity index (χ3v) is 11.6. The molecular weight excluding hydrogens is 719 g/mol. The Morgan fingerprint density at radius 2 is 0.763 bits per heavy atom. The molecule has 0 N–H and O–H groups in total. The van der Waals surface area contributed by atoms with Gasteiger partial charge in [0.2, 0.25) is 0 Å². The fraction of sp³-hybridized carbons (Fsp3) is 0. The number of nitrogens with zero attached hydrogens (tertiary/aromatic N) is 3. The van der Waals surface area contributed by atoms with Gasteiger partial charge in [0.15, 0.2) is 17.5 Å². The molecule has 2 heterocycles. The van der Waals surface area contributed by atoms with Crippen LogP contribution < -0.4 is 0 Å². The standard InChI is InChI=1S/C55H33N3O/c1-2-10-36(11-3-1)47-15-8-13-41-29-44(25-26-48(41)47)55-57-53(42-23-19-35-18-21-39(28-45(35)30-42)38-20-17-34-9-4-5-12-37(34)27-38)56-54(58-55)43-24-22-40-33-52-50(32-46(40)31-43)49-14-6-7-16-51(49)59-52/h1-33H. The molecule has 12 rings (SSSR count). The summed E-state index contributed by atoms with van der Waals surface area (Å²) < 4.78 is 6.21. The monoisotopic (exact) mass is 751 g/mol. The zero-order valence-corrected chi connectivity index (χ0v) is 31.8.